The van der Waals surface area contributed by atoms with Crippen molar-refractivity contribution in [3.63, 3.8) is 0 Å². The van der Waals surface area contributed by atoms with E-state index >= 15 is 0 Å². The topological polar surface area (TPSA) is 62.2 Å². The molecule has 0 amide bonds. The number of thiocarbonyl (C=S) groups is 1. The van der Waals surface area contributed by atoms with Gasteiger partial charge in [-0.15, -0.1) is 0 Å². The monoisotopic (exact) mass is 444 g/mol. The van der Waals surface area contributed by atoms with Gasteiger partial charge in [0.05, 0.1) is 31.2 Å². The molecule has 0 unspecified atom stereocenters. The summed E-state index contributed by atoms with van der Waals surface area (Å²) in [5.74, 6) is 0.0774. The highest BCUT2D eigenvalue weighted by molar-refractivity contribution is 7.80. The number of nitrogens with zero attached hydrogens (tertiary/aromatic N) is 2. The number of fused-ring (bicyclic) bond motifs is 2. The largest absolute Gasteiger partial charge is 0.497 e. The summed E-state index contributed by atoms with van der Waals surface area (Å²) in [7, 11) is 1.63. The van der Waals surface area contributed by atoms with Crippen molar-refractivity contribution in [1.82, 2.24) is 4.90 Å². The van der Waals surface area contributed by atoms with Crippen LogP contribution >= 0.6 is 23.8 Å². The van der Waals surface area contributed by atoms with E-state index in [4.69, 9.17) is 33.3 Å². The van der Waals surface area contributed by atoms with Crippen molar-refractivity contribution in [2.75, 3.05) is 12.0 Å². The van der Waals surface area contributed by atoms with Crippen molar-refractivity contribution in [1.29, 1.82) is 0 Å². The van der Waals surface area contributed by atoms with E-state index in [9.17, 15) is 9.90 Å². The fraction of sp³-hybridized carbons (Fsp3) is 0.364. The first-order valence-electron chi connectivity index (χ1n) is 9.85. The van der Waals surface area contributed by atoms with E-state index in [1.54, 1.807) is 7.11 Å². The molecule has 4 fully saturated rings. The maximum atomic E-state index is 12.6. The highest BCUT2D eigenvalue weighted by Gasteiger charge is 2.62. The van der Waals surface area contributed by atoms with Gasteiger partial charge in [0.25, 0.3) is 0 Å². The molecule has 3 saturated heterocycles. The van der Waals surface area contributed by atoms with E-state index < -0.39 is 18.1 Å². The summed E-state index contributed by atoms with van der Waals surface area (Å²) >= 11 is 12.0. The van der Waals surface area contributed by atoms with Crippen LogP contribution in [0.4, 0.5) is 5.69 Å². The highest BCUT2D eigenvalue weighted by atomic mass is 35.5. The van der Waals surface area contributed by atoms with Crippen molar-refractivity contribution >= 4 is 40.6 Å². The van der Waals surface area contributed by atoms with Gasteiger partial charge in [-0.05, 0) is 60.6 Å². The average molecular weight is 445 g/mol. The van der Waals surface area contributed by atoms with E-state index in [0.29, 0.717) is 23.1 Å². The lowest BCUT2D eigenvalue weighted by atomic mass is 9.74. The second kappa shape index (κ2) is 7.41. The first-order chi connectivity index (χ1) is 14.5. The van der Waals surface area contributed by atoms with E-state index in [-0.39, 0.29) is 18.1 Å². The van der Waals surface area contributed by atoms with Crippen molar-refractivity contribution in [2.24, 2.45) is 5.92 Å². The molecule has 1 saturated carbocycles. The van der Waals surface area contributed by atoms with Crippen molar-refractivity contribution < 1.29 is 19.4 Å². The molecule has 156 valence electrons. The third-order valence-electron chi connectivity index (χ3n) is 6.25. The predicted octanol–water partition coefficient (Wildman–Crippen LogP) is 3.00. The summed E-state index contributed by atoms with van der Waals surface area (Å²) in [4.78, 5) is 16.7. The lowest BCUT2D eigenvalue weighted by Crippen LogP contribution is -2.66. The zero-order chi connectivity index (χ0) is 21.0. The molecule has 3 heterocycles. The number of aliphatic hydroxyl groups is 1. The molecule has 2 aromatic carbocycles. The quantitative estimate of drug-likeness (QED) is 0.574. The zero-order valence-electron chi connectivity index (χ0n) is 16.3. The van der Waals surface area contributed by atoms with Gasteiger partial charge < -0.3 is 24.4 Å². The van der Waals surface area contributed by atoms with Crippen LogP contribution in [-0.2, 0) is 16.1 Å². The molecule has 0 spiro atoms. The summed E-state index contributed by atoms with van der Waals surface area (Å²) < 4.78 is 10.9. The second-order valence-electron chi connectivity index (χ2n) is 7.90. The molecule has 6 nitrogen and oxygen atoms in total. The molecule has 2 aromatic rings. The molecule has 30 heavy (non-hydrogen) atoms. The number of hydrogen-bond acceptors (Lipinski definition) is 5. The van der Waals surface area contributed by atoms with Crippen LogP contribution in [0.2, 0.25) is 5.02 Å². The maximum Gasteiger partial charge on any atom is 0.311 e. The number of rotatable bonds is 4. The Morgan fingerprint density at radius 1 is 1.17 bits per heavy atom. The number of esters is 1. The maximum absolute atomic E-state index is 12.6. The average Bonchev–Trinajstić information content (AvgIpc) is 3.03. The lowest BCUT2D eigenvalue weighted by molar-refractivity contribution is -0.194. The first-order valence-corrected chi connectivity index (χ1v) is 10.6. The number of hydrogen-bond donors (Lipinski definition) is 1. The molecule has 1 aliphatic carbocycles. The number of carbonyl (C=O) groups is 1. The lowest BCUT2D eigenvalue weighted by Gasteiger charge is -2.49. The normalized spacial score (nSPS) is 29.8. The van der Waals surface area contributed by atoms with E-state index in [1.807, 2.05) is 53.4 Å². The number of benzene rings is 2. The standard InChI is InChI=1S/C22H21ClN2O4S/c1-28-15-8-2-12(3-9-15)11-24-19-18(16-10-17(26)20(19)29-21(16)27)25(22(24)30)14-6-4-13(23)5-7-14/h2-9,16-20,26H,10-11H2,1H3/t16-,17+,18+,19-,20-/m0/s1. The predicted molar refractivity (Wildman–Crippen MR) is 117 cm³/mol. The summed E-state index contributed by atoms with van der Waals surface area (Å²) in [6, 6.07) is 14.8. The van der Waals surface area contributed by atoms with Gasteiger partial charge in [-0.2, -0.15) is 0 Å². The molecular formula is C22H21ClN2O4S. The molecule has 8 heteroatoms. The van der Waals surface area contributed by atoms with Gasteiger partial charge in [0.2, 0.25) is 0 Å². The second-order valence-corrected chi connectivity index (χ2v) is 8.70. The molecule has 6 rings (SSSR count). The number of methoxy groups -OCH3 is 1. The van der Waals surface area contributed by atoms with Gasteiger partial charge in [-0.1, -0.05) is 23.7 Å². The smallest absolute Gasteiger partial charge is 0.311 e. The van der Waals surface area contributed by atoms with Crippen LogP contribution in [0.1, 0.15) is 12.0 Å². The van der Waals surface area contributed by atoms with Crippen LogP contribution in [-0.4, -0.2) is 52.5 Å². The molecule has 0 radical (unpaired) electrons. The van der Waals surface area contributed by atoms with Gasteiger partial charge in [-0.25, -0.2) is 0 Å². The van der Waals surface area contributed by atoms with E-state index in [0.717, 1.165) is 17.0 Å². The number of anilines is 1. The first kappa shape index (κ1) is 19.6. The summed E-state index contributed by atoms with van der Waals surface area (Å²) in [5, 5.41) is 11.8. The minimum absolute atomic E-state index is 0.188. The molecule has 3 aliphatic heterocycles. The minimum Gasteiger partial charge on any atom is -0.497 e. The third kappa shape index (κ3) is 3.04. The molecule has 5 atom stereocenters. The van der Waals surface area contributed by atoms with E-state index in [1.165, 1.54) is 0 Å². The Labute approximate surface area is 184 Å². The molecule has 4 aliphatic rings. The Bertz CT molecular complexity index is 984. The Hall–Kier alpha value is -2.35. The Balaban J connectivity index is 1.54. The number of aliphatic hydroxyl groups excluding tert-OH is 1. The fourth-order valence-corrected chi connectivity index (χ4v) is 5.41. The fourth-order valence-electron chi connectivity index (χ4n) is 4.87. The zero-order valence-corrected chi connectivity index (χ0v) is 17.8. The number of halogens is 1. The van der Waals surface area contributed by atoms with Crippen molar-refractivity contribution in [3.8, 4) is 5.75 Å². The summed E-state index contributed by atoms with van der Waals surface area (Å²) in [6.45, 7) is 0.543. The Morgan fingerprint density at radius 3 is 2.53 bits per heavy atom. The third-order valence-corrected chi connectivity index (χ3v) is 6.94. The van der Waals surface area contributed by atoms with Gasteiger partial charge in [0.15, 0.2) is 5.11 Å². The van der Waals surface area contributed by atoms with Crippen LogP contribution in [0, 0.1) is 5.92 Å². The van der Waals surface area contributed by atoms with E-state index in [2.05, 4.69) is 4.90 Å². The summed E-state index contributed by atoms with van der Waals surface area (Å²) in [6.07, 6.45) is -0.922. The van der Waals surface area contributed by atoms with Crippen LogP contribution in [0.5, 0.6) is 5.75 Å². The van der Waals surface area contributed by atoms with Crippen molar-refractivity contribution in [2.45, 2.75) is 37.3 Å². The minimum atomic E-state index is -0.694. The van der Waals surface area contributed by atoms with Crippen LogP contribution in [0.25, 0.3) is 0 Å². The number of ether oxygens (including phenoxy) is 2. The van der Waals surface area contributed by atoms with Crippen LogP contribution < -0.4 is 9.64 Å². The highest BCUT2D eigenvalue weighted by Crippen LogP contribution is 2.46. The van der Waals surface area contributed by atoms with Gasteiger partial charge in [-0.3, -0.25) is 4.79 Å². The van der Waals surface area contributed by atoms with Gasteiger partial charge >= 0.3 is 5.97 Å². The molecule has 1 N–H and O–H groups in total. The van der Waals surface area contributed by atoms with Crippen molar-refractivity contribution in [3.05, 3.63) is 59.1 Å². The van der Waals surface area contributed by atoms with Gasteiger partial charge in [0, 0.05) is 17.3 Å². The number of carbonyl (C=O) groups excluding carboxylic acids is 1. The SMILES string of the molecule is COc1ccc(CN2C(=S)N(c3ccc(Cl)cc3)[C@H]3[C@H]2[C@H]2OC(=O)[C@H]3C[C@H]2O)cc1. The molecule has 0 aromatic heterocycles. The Kier molecular flexibility index (Phi) is 4.84. The van der Waals surface area contributed by atoms with Crippen LogP contribution in [0.15, 0.2) is 48.5 Å². The van der Waals surface area contributed by atoms with Crippen LogP contribution in [0.3, 0.4) is 0 Å². The summed E-state index contributed by atoms with van der Waals surface area (Å²) in [5.41, 5.74) is 1.93. The molecular weight excluding hydrogens is 424 g/mol. The molecule has 2 bridgehead atoms. The Morgan fingerprint density at radius 2 is 1.87 bits per heavy atom. The van der Waals surface area contributed by atoms with Gasteiger partial charge in [0.1, 0.15) is 11.9 Å².